The van der Waals surface area contributed by atoms with Gasteiger partial charge in [-0.3, -0.25) is 0 Å². The summed E-state index contributed by atoms with van der Waals surface area (Å²) in [4.78, 5) is 0. The van der Waals surface area contributed by atoms with Gasteiger partial charge in [0.25, 0.3) is 0 Å². The van der Waals surface area contributed by atoms with Crippen molar-refractivity contribution in [2.75, 3.05) is 0 Å². The van der Waals surface area contributed by atoms with Gasteiger partial charge >= 0.3 is 0 Å². The third kappa shape index (κ3) is 1.63. The first-order valence-electron chi connectivity index (χ1n) is 3.26. The molecule has 4 heteroatoms. The largest absolute Gasteiger partial charge is 0.230 e. The van der Waals surface area contributed by atoms with Crippen LogP contribution in [0.15, 0.2) is 12.1 Å². The third-order valence-electron chi connectivity index (χ3n) is 1.62. The predicted octanol–water partition coefficient (Wildman–Crippen LogP) is 3.64. The van der Waals surface area contributed by atoms with Crippen molar-refractivity contribution in [2.45, 2.75) is 12.0 Å². The van der Waals surface area contributed by atoms with Gasteiger partial charge in [-0.15, -0.1) is 0 Å². The number of rotatable bonds is 1. The Bertz CT molecular complexity index is 297. The highest BCUT2D eigenvalue weighted by molar-refractivity contribution is 9.09. The van der Waals surface area contributed by atoms with Crippen LogP contribution in [-0.2, 0) is 0 Å². The van der Waals surface area contributed by atoms with E-state index in [2.05, 4.69) is 15.9 Å². The molecule has 0 aromatic heterocycles. The maximum atomic E-state index is 12.8. The molecule has 0 aliphatic rings. The molecule has 1 atom stereocenters. The fourth-order valence-corrected chi connectivity index (χ4v) is 1.40. The van der Waals surface area contributed by atoms with Crippen LogP contribution < -0.4 is 0 Å². The van der Waals surface area contributed by atoms with E-state index in [9.17, 15) is 13.2 Å². The highest BCUT2D eigenvalue weighted by Crippen LogP contribution is 2.28. The highest BCUT2D eigenvalue weighted by atomic mass is 79.9. The van der Waals surface area contributed by atoms with Gasteiger partial charge in [0.15, 0.2) is 16.7 Å². The highest BCUT2D eigenvalue weighted by Gasteiger charge is 2.14. The Morgan fingerprint density at radius 2 is 1.92 bits per heavy atom. The lowest BCUT2D eigenvalue weighted by Crippen LogP contribution is -1.95. The zero-order valence-corrected chi connectivity index (χ0v) is 7.83. The molecule has 0 saturated carbocycles. The maximum Gasteiger partial charge on any atom is 0.180 e. The van der Waals surface area contributed by atoms with Gasteiger partial charge in [-0.2, -0.15) is 0 Å². The van der Waals surface area contributed by atoms with Gasteiger partial charge in [-0.1, -0.05) is 6.07 Å². The zero-order chi connectivity index (χ0) is 9.30. The Hall–Kier alpha value is -0.510. The summed E-state index contributed by atoms with van der Waals surface area (Å²) in [5.41, 5.74) is 0.119. The summed E-state index contributed by atoms with van der Waals surface area (Å²) in [5, 5.41) is -1.45. The van der Waals surface area contributed by atoms with Crippen LogP contribution >= 0.6 is 15.9 Å². The predicted molar refractivity (Wildman–Crippen MR) is 43.9 cm³/mol. The van der Waals surface area contributed by atoms with Gasteiger partial charge in [0.05, 0.1) is 0 Å². The first kappa shape index (κ1) is 9.58. The van der Waals surface area contributed by atoms with Crippen LogP contribution in [0, 0.1) is 18.6 Å². The molecule has 0 spiro atoms. The summed E-state index contributed by atoms with van der Waals surface area (Å²) in [6.45, 7) is 1.33. The van der Waals surface area contributed by atoms with Crippen LogP contribution in [-0.4, -0.2) is 0 Å². The lowest BCUT2D eigenvalue weighted by Gasteiger charge is -2.06. The molecular formula is C8H6BrF3. The summed E-state index contributed by atoms with van der Waals surface area (Å²) in [7, 11) is 0. The van der Waals surface area contributed by atoms with E-state index in [1.54, 1.807) is 0 Å². The standard InChI is InChI=1S/C8H6BrF3/c1-4-5(8(9)12)2-3-6(10)7(4)11/h2-3,8H,1H3. The minimum atomic E-state index is -1.45. The summed E-state index contributed by atoms with van der Waals surface area (Å²) >= 11 is 2.64. The van der Waals surface area contributed by atoms with E-state index in [0.29, 0.717) is 0 Å². The molecule has 0 radical (unpaired) electrons. The topological polar surface area (TPSA) is 0 Å². The average molecular weight is 239 g/mol. The second-order valence-corrected chi connectivity index (χ2v) is 3.18. The Morgan fingerprint density at radius 1 is 1.33 bits per heavy atom. The lowest BCUT2D eigenvalue weighted by molar-refractivity contribution is 0.463. The van der Waals surface area contributed by atoms with Crippen LogP contribution in [0.1, 0.15) is 16.2 Å². The van der Waals surface area contributed by atoms with Gasteiger partial charge in [0, 0.05) is 5.56 Å². The van der Waals surface area contributed by atoms with Crippen LogP contribution in [0.3, 0.4) is 0 Å². The molecule has 0 fully saturated rings. The first-order chi connectivity index (χ1) is 5.54. The third-order valence-corrected chi connectivity index (χ3v) is 2.11. The van der Waals surface area contributed by atoms with Crippen LogP contribution in [0.4, 0.5) is 13.2 Å². The van der Waals surface area contributed by atoms with E-state index < -0.39 is 16.7 Å². The van der Waals surface area contributed by atoms with Crippen LogP contribution in [0.5, 0.6) is 0 Å². The molecule has 66 valence electrons. The molecule has 0 bridgehead atoms. The molecule has 1 aromatic carbocycles. The smallest absolute Gasteiger partial charge is 0.180 e. The number of hydrogen-bond acceptors (Lipinski definition) is 0. The molecule has 1 rings (SSSR count). The van der Waals surface area contributed by atoms with Gasteiger partial charge in [-0.25, -0.2) is 13.2 Å². The monoisotopic (exact) mass is 238 g/mol. The Labute approximate surface area is 76.5 Å². The molecular weight excluding hydrogens is 233 g/mol. The summed E-state index contributed by atoms with van der Waals surface area (Å²) < 4.78 is 37.9. The molecule has 1 unspecified atom stereocenters. The van der Waals surface area contributed by atoms with Crippen LogP contribution in [0.2, 0.25) is 0 Å². The van der Waals surface area contributed by atoms with Crippen molar-refractivity contribution in [1.82, 2.24) is 0 Å². The Kier molecular flexibility index (Phi) is 2.77. The molecule has 0 aliphatic carbocycles. The van der Waals surface area contributed by atoms with Gasteiger partial charge in [0.1, 0.15) is 0 Å². The average Bonchev–Trinajstić information content (AvgIpc) is 2.00. The molecule has 0 nitrogen and oxygen atoms in total. The fraction of sp³-hybridized carbons (Fsp3) is 0.250. The van der Waals surface area contributed by atoms with Gasteiger partial charge < -0.3 is 0 Å². The molecule has 0 saturated heterocycles. The quantitative estimate of drug-likeness (QED) is 0.656. The molecule has 0 N–H and O–H groups in total. The van der Waals surface area contributed by atoms with E-state index in [0.717, 1.165) is 6.07 Å². The van der Waals surface area contributed by atoms with Gasteiger partial charge in [-0.05, 0) is 34.5 Å². The van der Waals surface area contributed by atoms with Crippen LogP contribution in [0.25, 0.3) is 0 Å². The van der Waals surface area contributed by atoms with E-state index in [-0.39, 0.29) is 11.1 Å². The second-order valence-electron chi connectivity index (χ2n) is 2.38. The van der Waals surface area contributed by atoms with E-state index in [1.165, 1.54) is 13.0 Å². The second kappa shape index (κ2) is 3.47. The van der Waals surface area contributed by atoms with Crippen molar-refractivity contribution in [3.8, 4) is 0 Å². The van der Waals surface area contributed by atoms with Crippen molar-refractivity contribution < 1.29 is 13.2 Å². The first-order valence-corrected chi connectivity index (χ1v) is 4.18. The fourth-order valence-electron chi connectivity index (χ4n) is 0.903. The normalized spacial score (nSPS) is 13.1. The number of alkyl halides is 2. The molecule has 0 heterocycles. The Morgan fingerprint density at radius 3 is 2.42 bits per heavy atom. The summed E-state index contributed by atoms with van der Waals surface area (Å²) in [5.74, 6) is -1.95. The number of halogens is 4. The molecule has 1 aromatic rings. The SMILES string of the molecule is Cc1c(C(F)Br)ccc(F)c1F. The van der Waals surface area contributed by atoms with E-state index >= 15 is 0 Å². The zero-order valence-electron chi connectivity index (χ0n) is 6.24. The molecule has 0 amide bonds. The molecule has 0 aliphatic heterocycles. The van der Waals surface area contributed by atoms with E-state index in [4.69, 9.17) is 0 Å². The minimum absolute atomic E-state index is 0.000579. The van der Waals surface area contributed by atoms with Crippen molar-refractivity contribution in [3.63, 3.8) is 0 Å². The maximum absolute atomic E-state index is 12.8. The van der Waals surface area contributed by atoms with Gasteiger partial charge in [0.2, 0.25) is 0 Å². The number of hydrogen-bond donors (Lipinski definition) is 0. The van der Waals surface area contributed by atoms with Crippen molar-refractivity contribution >= 4 is 15.9 Å². The van der Waals surface area contributed by atoms with Crippen molar-refractivity contribution in [2.24, 2.45) is 0 Å². The van der Waals surface area contributed by atoms with Crippen molar-refractivity contribution in [3.05, 3.63) is 34.9 Å². The number of benzene rings is 1. The summed E-state index contributed by atoms with van der Waals surface area (Å²) in [6.07, 6.45) is 0. The lowest BCUT2D eigenvalue weighted by atomic mass is 10.1. The minimum Gasteiger partial charge on any atom is -0.230 e. The van der Waals surface area contributed by atoms with E-state index in [1.807, 2.05) is 0 Å². The Balaban J connectivity index is 3.27. The van der Waals surface area contributed by atoms with Crippen molar-refractivity contribution in [1.29, 1.82) is 0 Å². The molecule has 12 heavy (non-hydrogen) atoms. The summed E-state index contributed by atoms with van der Waals surface area (Å²) in [6, 6.07) is 2.12.